The number of hydrogen-bond acceptors (Lipinski definition) is 5. The summed E-state index contributed by atoms with van der Waals surface area (Å²) < 4.78 is 13.1. The van der Waals surface area contributed by atoms with Crippen LogP contribution in [0.2, 0.25) is 0 Å². The zero-order valence-corrected chi connectivity index (χ0v) is 14.8. The van der Waals surface area contributed by atoms with E-state index in [-0.39, 0.29) is 23.8 Å². The SMILES string of the molecule is CNC(=O)c1ccc(N(C[C@@H](O)c2ccc(F)cc2)C2CC2)c([N+](=O)[O-])c1. The normalized spacial score (nSPS) is 14.5. The molecule has 8 heteroatoms. The molecule has 2 N–H and O–H groups in total. The van der Waals surface area contributed by atoms with Gasteiger partial charge in [-0.1, -0.05) is 12.1 Å². The lowest BCUT2D eigenvalue weighted by Gasteiger charge is -2.27. The van der Waals surface area contributed by atoms with Gasteiger partial charge in [-0.2, -0.15) is 0 Å². The first-order valence-electron chi connectivity index (χ1n) is 8.61. The molecule has 2 aromatic rings. The fraction of sp³-hybridized carbons (Fsp3) is 0.316. The van der Waals surface area contributed by atoms with Crippen LogP contribution >= 0.6 is 0 Å². The van der Waals surface area contributed by atoms with Crippen molar-refractivity contribution < 1.29 is 19.2 Å². The molecule has 1 fully saturated rings. The summed E-state index contributed by atoms with van der Waals surface area (Å²) in [7, 11) is 1.46. The number of benzene rings is 2. The number of hydrogen-bond donors (Lipinski definition) is 2. The van der Waals surface area contributed by atoms with E-state index in [1.54, 1.807) is 11.0 Å². The van der Waals surface area contributed by atoms with E-state index in [0.29, 0.717) is 11.3 Å². The van der Waals surface area contributed by atoms with Crippen LogP contribution in [0, 0.1) is 15.9 Å². The van der Waals surface area contributed by atoms with Gasteiger partial charge in [-0.3, -0.25) is 14.9 Å². The van der Waals surface area contributed by atoms with Crippen molar-refractivity contribution in [2.45, 2.75) is 25.0 Å². The standard InChI is InChI=1S/C19H20FN3O4/c1-21-19(25)13-4-9-16(17(10-13)23(26)27)22(15-7-8-15)11-18(24)12-2-5-14(20)6-3-12/h2-6,9-10,15,18,24H,7-8,11H2,1H3,(H,21,25)/t18-/m1/s1. The molecule has 0 unspecified atom stereocenters. The Hall–Kier alpha value is -3.00. The van der Waals surface area contributed by atoms with E-state index in [1.165, 1.54) is 43.4 Å². The molecular weight excluding hydrogens is 353 g/mol. The first-order chi connectivity index (χ1) is 12.9. The molecule has 0 heterocycles. The molecule has 0 aliphatic heterocycles. The second kappa shape index (κ2) is 7.71. The van der Waals surface area contributed by atoms with E-state index in [9.17, 15) is 24.4 Å². The molecule has 0 aromatic heterocycles. The molecule has 2 aromatic carbocycles. The third kappa shape index (κ3) is 4.22. The molecule has 0 spiro atoms. The van der Waals surface area contributed by atoms with Crippen LogP contribution in [-0.2, 0) is 0 Å². The van der Waals surface area contributed by atoms with Crippen molar-refractivity contribution in [3.05, 3.63) is 69.5 Å². The van der Waals surface area contributed by atoms with Crippen LogP contribution in [0.4, 0.5) is 15.8 Å². The minimum atomic E-state index is -0.926. The second-order valence-electron chi connectivity index (χ2n) is 6.49. The van der Waals surface area contributed by atoms with Gasteiger partial charge in [-0.05, 0) is 42.7 Å². The Balaban J connectivity index is 1.91. The van der Waals surface area contributed by atoms with E-state index in [0.717, 1.165) is 12.8 Å². The quantitative estimate of drug-likeness (QED) is 0.575. The van der Waals surface area contributed by atoms with Crippen molar-refractivity contribution in [1.29, 1.82) is 0 Å². The van der Waals surface area contributed by atoms with Gasteiger partial charge in [0.1, 0.15) is 11.5 Å². The van der Waals surface area contributed by atoms with Crippen molar-refractivity contribution in [3.63, 3.8) is 0 Å². The van der Waals surface area contributed by atoms with Crippen LogP contribution in [0.15, 0.2) is 42.5 Å². The molecule has 0 bridgehead atoms. The molecule has 27 heavy (non-hydrogen) atoms. The summed E-state index contributed by atoms with van der Waals surface area (Å²) in [4.78, 5) is 24.6. The van der Waals surface area contributed by atoms with Crippen LogP contribution < -0.4 is 10.2 Å². The fourth-order valence-electron chi connectivity index (χ4n) is 3.01. The zero-order valence-electron chi connectivity index (χ0n) is 14.8. The van der Waals surface area contributed by atoms with Gasteiger partial charge in [-0.15, -0.1) is 0 Å². The highest BCUT2D eigenvalue weighted by atomic mass is 19.1. The van der Waals surface area contributed by atoms with E-state index in [2.05, 4.69) is 5.32 Å². The number of anilines is 1. The average Bonchev–Trinajstić information content (AvgIpc) is 3.50. The summed E-state index contributed by atoms with van der Waals surface area (Å²) in [6.45, 7) is 0.135. The average molecular weight is 373 g/mol. The number of nitrogens with zero attached hydrogens (tertiary/aromatic N) is 2. The third-order valence-corrected chi connectivity index (χ3v) is 4.58. The highest BCUT2D eigenvalue weighted by Crippen LogP contribution is 2.38. The van der Waals surface area contributed by atoms with E-state index in [1.807, 2.05) is 0 Å². The predicted molar refractivity (Wildman–Crippen MR) is 98.2 cm³/mol. The summed E-state index contributed by atoms with van der Waals surface area (Å²) in [5.41, 5.74) is 0.903. The fourth-order valence-corrected chi connectivity index (χ4v) is 3.01. The Morgan fingerprint density at radius 3 is 2.56 bits per heavy atom. The van der Waals surface area contributed by atoms with Crippen molar-refractivity contribution in [3.8, 4) is 0 Å². The smallest absolute Gasteiger partial charge is 0.293 e. The number of rotatable bonds is 7. The largest absolute Gasteiger partial charge is 0.387 e. The van der Waals surface area contributed by atoms with E-state index >= 15 is 0 Å². The molecule has 3 rings (SSSR count). The van der Waals surface area contributed by atoms with Crippen LogP contribution in [-0.4, -0.2) is 35.6 Å². The lowest BCUT2D eigenvalue weighted by Crippen LogP contribution is -2.31. The number of halogens is 1. The number of carbonyl (C=O) groups is 1. The first-order valence-corrected chi connectivity index (χ1v) is 8.61. The van der Waals surface area contributed by atoms with Gasteiger partial charge in [0.2, 0.25) is 0 Å². The predicted octanol–water partition coefficient (Wildman–Crippen LogP) is 2.80. The molecule has 1 atom stereocenters. The first kappa shape index (κ1) is 18.8. The van der Waals surface area contributed by atoms with Crippen LogP contribution in [0.5, 0.6) is 0 Å². The lowest BCUT2D eigenvalue weighted by atomic mass is 10.1. The Morgan fingerprint density at radius 2 is 2.00 bits per heavy atom. The van der Waals surface area contributed by atoms with Crippen molar-refractivity contribution in [2.75, 3.05) is 18.5 Å². The number of nitro benzene ring substituents is 1. The molecule has 0 radical (unpaired) electrons. The topological polar surface area (TPSA) is 95.7 Å². The highest BCUT2D eigenvalue weighted by molar-refractivity contribution is 5.95. The maximum Gasteiger partial charge on any atom is 0.293 e. The van der Waals surface area contributed by atoms with Gasteiger partial charge in [0, 0.05) is 31.3 Å². The van der Waals surface area contributed by atoms with Crippen molar-refractivity contribution in [1.82, 2.24) is 5.32 Å². The van der Waals surface area contributed by atoms with Crippen LogP contribution in [0.1, 0.15) is 34.9 Å². The van der Waals surface area contributed by atoms with Gasteiger partial charge in [0.25, 0.3) is 11.6 Å². The van der Waals surface area contributed by atoms with Gasteiger partial charge in [0.15, 0.2) is 0 Å². The molecule has 0 saturated heterocycles. The molecule has 142 valence electrons. The zero-order chi connectivity index (χ0) is 19.6. The van der Waals surface area contributed by atoms with Crippen molar-refractivity contribution in [2.24, 2.45) is 0 Å². The summed E-state index contributed by atoms with van der Waals surface area (Å²) in [5.74, 6) is -0.806. The highest BCUT2D eigenvalue weighted by Gasteiger charge is 2.34. The van der Waals surface area contributed by atoms with E-state index < -0.39 is 22.8 Å². The number of amides is 1. The lowest BCUT2D eigenvalue weighted by molar-refractivity contribution is -0.384. The molecule has 7 nitrogen and oxygen atoms in total. The summed E-state index contributed by atoms with van der Waals surface area (Å²) in [6.07, 6.45) is 0.805. The van der Waals surface area contributed by atoms with Gasteiger partial charge >= 0.3 is 0 Å². The number of nitro groups is 1. The Kier molecular flexibility index (Phi) is 5.36. The van der Waals surface area contributed by atoms with E-state index in [4.69, 9.17) is 0 Å². The van der Waals surface area contributed by atoms with Gasteiger partial charge in [0.05, 0.1) is 11.0 Å². The number of aliphatic hydroxyl groups is 1. The molecule has 1 amide bonds. The number of carbonyl (C=O) groups excluding carboxylic acids is 1. The maximum atomic E-state index is 13.1. The monoisotopic (exact) mass is 373 g/mol. The minimum Gasteiger partial charge on any atom is -0.387 e. The maximum absolute atomic E-state index is 13.1. The summed E-state index contributed by atoms with van der Waals surface area (Å²) in [5, 5.41) is 24.5. The Bertz CT molecular complexity index is 853. The minimum absolute atomic E-state index is 0.0876. The summed E-state index contributed by atoms with van der Waals surface area (Å²) >= 11 is 0. The summed E-state index contributed by atoms with van der Waals surface area (Å²) in [6, 6.07) is 9.92. The van der Waals surface area contributed by atoms with Crippen LogP contribution in [0.3, 0.4) is 0 Å². The Labute approximate surface area is 155 Å². The van der Waals surface area contributed by atoms with Gasteiger partial charge < -0.3 is 15.3 Å². The molecule has 1 aliphatic rings. The molecule has 1 aliphatic carbocycles. The second-order valence-corrected chi connectivity index (χ2v) is 6.49. The van der Waals surface area contributed by atoms with Crippen molar-refractivity contribution >= 4 is 17.3 Å². The van der Waals surface area contributed by atoms with Gasteiger partial charge in [-0.25, -0.2) is 4.39 Å². The molecule has 1 saturated carbocycles. The number of nitrogens with one attached hydrogen (secondary N) is 1. The third-order valence-electron chi connectivity index (χ3n) is 4.58. The Morgan fingerprint density at radius 1 is 1.33 bits per heavy atom. The molecular formula is C19H20FN3O4. The van der Waals surface area contributed by atoms with Crippen LogP contribution in [0.25, 0.3) is 0 Å². The number of aliphatic hydroxyl groups excluding tert-OH is 1.